The fourth-order valence-corrected chi connectivity index (χ4v) is 5.05. The summed E-state index contributed by atoms with van der Waals surface area (Å²) in [5, 5.41) is 27.2. The molecule has 0 aliphatic carbocycles. The number of carbonyl (C=O) groups excluding carboxylic acids is 1. The van der Waals surface area contributed by atoms with Crippen LogP contribution < -0.4 is 11.1 Å². The van der Waals surface area contributed by atoms with Gasteiger partial charge < -0.3 is 20.7 Å². The minimum absolute atomic E-state index is 0.0425. The van der Waals surface area contributed by atoms with Gasteiger partial charge in [-0.1, -0.05) is 18.5 Å². The Morgan fingerprint density at radius 3 is 2.72 bits per heavy atom. The van der Waals surface area contributed by atoms with Gasteiger partial charge in [0.15, 0.2) is 5.78 Å². The minimum atomic E-state index is -1.77. The number of nitrogens with two attached hydrogens (primary N) is 1. The van der Waals surface area contributed by atoms with Gasteiger partial charge in [0.25, 0.3) is 0 Å². The van der Waals surface area contributed by atoms with Crippen LogP contribution in [0.25, 0.3) is 0 Å². The SMILES string of the molecule is CCC1C(=O)CNC2(C(N)(O)C(CO)CCCCN=O)C(C)OC12C. The summed E-state index contributed by atoms with van der Waals surface area (Å²) in [5.74, 6) is -0.928. The third kappa shape index (κ3) is 2.84. The van der Waals surface area contributed by atoms with Crippen LogP contribution in [0.15, 0.2) is 5.18 Å². The molecule has 25 heavy (non-hydrogen) atoms. The van der Waals surface area contributed by atoms with E-state index in [1.54, 1.807) is 0 Å². The van der Waals surface area contributed by atoms with E-state index in [4.69, 9.17) is 10.5 Å². The highest BCUT2D eigenvalue weighted by molar-refractivity contribution is 5.86. The number of Topliss-reactive ketones (excluding diaryl/α,β-unsaturated/α-hetero) is 1. The maximum atomic E-state index is 12.3. The van der Waals surface area contributed by atoms with Gasteiger partial charge in [0.1, 0.15) is 16.9 Å². The number of nitroso groups, excluding NO2 is 1. The number of hydrogen-bond donors (Lipinski definition) is 4. The fourth-order valence-electron chi connectivity index (χ4n) is 5.05. The van der Waals surface area contributed by atoms with Gasteiger partial charge >= 0.3 is 0 Å². The number of nitrogens with one attached hydrogen (secondary N) is 1. The zero-order valence-electron chi connectivity index (χ0n) is 15.3. The number of hydrogen-bond acceptors (Lipinski definition) is 8. The molecule has 2 aliphatic rings. The predicted octanol–water partition coefficient (Wildman–Crippen LogP) is 0.294. The van der Waals surface area contributed by atoms with Crippen molar-refractivity contribution in [2.24, 2.45) is 22.7 Å². The highest BCUT2D eigenvalue weighted by Crippen LogP contribution is 2.56. The van der Waals surface area contributed by atoms with E-state index in [2.05, 4.69) is 10.5 Å². The molecule has 8 heteroatoms. The zero-order valence-corrected chi connectivity index (χ0v) is 15.3. The van der Waals surface area contributed by atoms with Crippen LogP contribution in [0.4, 0.5) is 0 Å². The molecule has 6 unspecified atom stereocenters. The molecule has 0 amide bonds. The molecule has 8 nitrogen and oxygen atoms in total. The number of ether oxygens (including phenoxy) is 1. The van der Waals surface area contributed by atoms with Crippen LogP contribution in [0, 0.1) is 16.7 Å². The second-order valence-corrected chi connectivity index (χ2v) is 7.51. The van der Waals surface area contributed by atoms with E-state index in [0.29, 0.717) is 25.7 Å². The van der Waals surface area contributed by atoms with Gasteiger partial charge in [-0.2, -0.15) is 4.91 Å². The first kappa shape index (κ1) is 20.4. The van der Waals surface area contributed by atoms with Gasteiger partial charge in [0, 0.05) is 11.8 Å². The van der Waals surface area contributed by atoms with Crippen LogP contribution >= 0.6 is 0 Å². The molecule has 2 saturated heterocycles. The molecule has 0 aromatic rings. The highest BCUT2D eigenvalue weighted by atomic mass is 16.6. The first-order valence-corrected chi connectivity index (χ1v) is 9.09. The molecule has 0 radical (unpaired) electrons. The number of fused-ring (bicyclic) bond motifs is 1. The molecular weight excluding hydrogens is 326 g/mol. The quantitative estimate of drug-likeness (QED) is 0.265. The number of rotatable bonds is 9. The van der Waals surface area contributed by atoms with Crippen molar-refractivity contribution in [3.63, 3.8) is 0 Å². The van der Waals surface area contributed by atoms with Crippen LogP contribution in [0.3, 0.4) is 0 Å². The van der Waals surface area contributed by atoms with E-state index in [9.17, 15) is 19.9 Å². The summed E-state index contributed by atoms with van der Waals surface area (Å²) in [6.45, 7) is 5.58. The maximum Gasteiger partial charge on any atom is 0.152 e. The number of nitrogens with zero attached hydrogens (tertiary/aromatic N) is 1. The summed E-state index contributed by atoms with van der Waals surface area (Å²) in [6.07, 6.45) is 1.84. The molecular formula is C17H31N3O5. The summed E-state index contributed by atoms with van der Waals surface area (Å²) < 4.78 is 5.97. The first-order chi connectivity index (χ1) is 11.7. The molecule has 2 aliphatic heterocycles. The second kappa shape index (κ2) is 7.36. The molecule has 0 saturated carbocycles. The molecule has 0 bridgehead atoms. The molecule has 2 heterocycles. The Balaban J connectivity index is 2.30. The topological polar surface area (TPSA) is 134 Å². The van der Waals surface area contributed by atoms with Gasteiger partial charge in [-0.05, 0) is 33.1 Å². The highest BCUT2D eigenvalue weighted by Gasteiger charge is 2.76. The summed E-state index contributed by atoms with van der Waals surface area (Å²) in [4.78, 5) is 22.5. The number of unbranched alkanes of at least 4 members (excludes halogenated alkanes) is 1. The number of aliphatic hydroxyl groups excluding tert-OH is 1. The normalized spacial score (nSPS) is 38.4. The Labute approximate surface area is 148 Å². The molecule has 0 aromatic heterocycles. The first-order valence-electron chi connectivity index (χ1n) is 9.09. The van der Waals surface area contributed by atoms with E-state index in [1.165, 1.54) is 0 Å². The molecule has 0 aromatic carbocycles. The van der Waals surface area contributed by atoms with Crippen molar-refractivity contribution in [1.82, 2.24) is 5.32 Å². The Kier molecular flexibility index (Phi) is 6.00. The molecule has 5 N–H and O–H groups in total. The van der Waals surface area contributed by atoms with E-state index in [0.717, 1.165) is 0 Å². The van der Waals surface area contributed by atoms with Gasteiger partial charge in [-0.25, -0.2) is 0 Å². The summed E-state index contributed by atoms with van der Waals surface area (Å²) >= 11 is 0. The van der Waals surface area contributed by atoms with Crippen molar-refractivity contribution in [1.29, 1.82) is 0 Å². The van der Waals surface area contributed by atoms with E-state index in [1.807, 2.05) is 20.8 Å². The zero-order chi connectivity index (χ0) is 18.9. The van der Waals surface area contributed by atoms with Crippen molar-refractivity contribution in [3.05, 3.63) is 4.91 Å². The lowest BCUT2D eigenvalue weighted by atomic mass is 9.54. The van der Waals surface area contributed by atoms with Gasteiger partial charge in [0.2, 0.25) is 0 Å². The average molecular weight is 357 g/mol. The van der Waals surface area contributed by atoms with Crippen molar-refractivity contribution in [2.45, 2.75) is 69.4 Å². The van der Waals surface area contributed by atoms with E-state index >= 15 is 0 Å². The summed E-state index contributed by atoms with van der Waals surface area (Å²) in [7, 11) is 0. The Hall–Kier alpha value is -0.930. The largest absolute Gasteiger partial charge is 0.396 e. The van der Waals surface area contributed by atoms with Crippen LogP contribution in [-0.2, 0) is 9.53 Å². The van der Waals surface area contributed by atoms with E-state index < -0.39 is 28.9 Å². The molecule has 144 valence electrons. The molecule has 2 rings (SSSR count). The van der Waals surface area contributed by atoms with Crippen LogP contribution in [0.1, 0.15) is 46.5 Å². The van der Waals surface area contributed by atoms with Crippen LogP contribution in [0.2, 0.25) is 0 Å². The van der Waals surface area contributed by atoms with Gasteiger partial charge in [-0.3, -0.25) is 10.1 Å². The monoisotopic (exact) mass is 357 g/mol. The molecule has 6 atom stereocenters. The third-order valence-electron chi connectivity index (χ3n) is 6.34. The van der Waals surface area contributed by atoms with Gasteiger partial charge in [0.05, 0.1) is 25.8 Å². The van der Waals surface area contributed by atoms with Crippen molar-refractivity contribution in [2.75, 3.05) is 19.7 Å². The van der Waals surface area contributed by atoms with Crippen LogP contribution in [0.5, 0.6) is 0 Å². The Bertz CT molecular complexity index is 515. The molecule has 2 fully saturated rings. The van der Waals surface area contributed by atoms with Crippen molar-refractivity contribution in [3.8, 4) is 0 Å². The number of carbonyl (C=O) groups is 1. The number of piperidine rings is 1. The minimum Gasteiger partial charge on any atom is -0.396 e. The lowest BCUT2D eigenvalue weighted by Gasteiger charge is -2.71. The lowest BCUT2D eigenvalue weighted by Crippen LogP contribution is -2.94. The summed E-state index contributed by atoms with van der Waals surface area (Å²) in [6, 6.07) is 0. The number of aliphatic hydroxyl groups is 2. The Morgan fingerprint density at radius 2 is 2.20 bits per heavy atom. The number of ketones is 1. The maximum absolute atomic E-state index is 12.3. The average Bonchev–Trinajstić information content (AvgIpc) is 2.54. The smallest absolute Gasteiger partial charge is 0.152 e. The predicted molar refractivity (Wildman–Crippen MR) is 92.7 cm³/mol. The van der Waals surface area contributed by atoms with Crippen LogP contribution in [-0.4, -0.2) is 58.7 Å². The molecule has 0 spiro atoms. The second-order valence-electron chi connectivity index (χ2n) is 7.51. The van der Waals surface area contributed by atoms with Crippen molar-refractivity contribution >= 4 is 5.78 Å². The third-order valence-corrected chi connectivity index (χ3v) is 6.34. The van der Waals surface area contributed by atoms with E-state index in [-0.39, 0.29) is 31.4 Å². The Morgan fingerprint density at radius 1 is 1.52 bits per heavy atom. The van der Waals surface area contributed by atoms with Crippen molar-refractivity contribution < 1.29 is 19.7 Å². The summed E-state index contributed by atoms with van der Waals surface area (Å²) in [5.41, 5.74) is 2.71. The fraction of sp³-hybridized carbons (Fsp3) is 0.941. The van der Waals surface area contributed by atoms with Gasteiger partial charge in [-0.15, -0.1) is 0 Å². The standard InChI is InChI=1S/C17H31N3O5/c1-4-13-14(22)9-19-16(11(2)25-15(13,16)3)17(18,23)12(10-21)7-5-6-8-20-24/h11-13,19,21,23H,4-10,18H2,1-3H3. The lowest BCUT2D eigenvalue weighted by molar-refractivity contribution is -0.353.